The van der Waals surface area contributed by atoms with Gasteiger partial charge in [0.1, 0.15) is 6.61 Å². The number of carbonyl (C=O) groups is 2. The molecular formula is C52H92NO8P. The third-order valence-electron chi connectivity index (χ3n) is 10.3. The molecule has 0 aliphatic carbocycles. The first-order valence-electron chi connectivity index (χ1n) is 24.9. The van der Waals surface area contributed by atoms with E-state index in [0.29, 0.717) is 6.42 Å². The van der Waals surface area contributed by atoms with Crippen molar-refractivity contribution in [1.82, 2.24) is 0 Å². The smallest absolute Gasteiger partial charge is 0.462 e. The van der Waals surface area contributed by atoms with Gasteiger partial charge in [-0.2, -0.15) is 0 Å². The van der Waals surface area contributed by atoms with Gasteiger partial charge < -0.3 is 20.1 Å². The van der Waals surface area contributed by atoms with E-state index in [4.69, 9.17) is 24.3 Å². The average Bonchev–Trinajstić information content (AvgIpc) is 3.26. The van der Waals surface area contributed by atoms with E-state index in [2.05, 4.69) is 86.8 Å². The second-order valence-corrected chi connectivity index (χ2v) is 17.8. The van der Waals surface area contributed by atoms with Gasteiger partial charge in [-0.1, -0.05) is 189 Å². The maximum Gasteiger partial charge on any atom is 0.472 e. The second kappa shape index (κ2) is 47.9. The summed E-state index contributed by atoms with van der Waals surface area (Å²) in [4.78, 5) is 35.0. The average molecular weight is 890 g/mol. The Morgan fingerprint density at radius 2 is 0.887 bits per heavy atom. The highest BCUT2D eigenvalue weighted by Gasteiger charge is 2.26. The van der Waals surface area contributed by atoms with Crippen LogP contribution in [0, 0.1) is 0 Å². The molecule has 0 aliphatic heterocycles. The fraction of sp³-hybridized carbons (Fsp3) is 0.731. The summed E-state index contributed by atoms with van der Waals surface area (Å²) >= 11 is 0. The lowest BCUT2D eigenvalue weighted by Gasteiger charge is -2.19. The molecule has 0 amide bonds. The van der Waals surface area contributed by atoms with E-state index in [1.54, 1.807) is 0 Å². The summed E-state index contributed by atoms with van der Waals surface area (Å²) in [7, 11) is -4.39. The standard InChI is InChI=1S/C52H92NO8P/c1-3-5-7-9-11-13-15-17-19-21-22-23-24-25-26-27-28-29-31-33-35-37-39-41-43-45-52(55)61-50(49-60-62(56,57)59-47-46-53)48-58-51(54)44-42-40-38-36-34-32-30-20-18-16-14-12-10-8-6-4-2/h5,7,11,13,17,19-20,22-23,25-26,30,50H,3-4,6,8-10,12,14-16,18,21,24,27-29,31-49,53H2,1-2H3,(H,56,57)/b7-5-,13-11-,19-17-,23-22-,26-25-,30-20-. The summed E-state index contributed by atoms with van der Waals surface area (Å²) in [6, 6.07) is 0. The molecule has 0 aromatic carbocycles. The number of unbranched alkanes of at least 4 members (excludes halogenated alkanes) is 21. The Morgan fingerprint density at radius 1 is 0.500 bits per heavy atom. The first-order valence-corrected chi connectivity index (χ1v) is 26.4. The zero-order valence-electron chi connectivity index (χ0n) is 39.6. The molecule has 0 bridgehead atoms. The Balaban J connectivity index is 4.09. The summed E-state index contributed by atoms with van der Waals surface area (Å²) in [6.45, 7) is 3.61. The van der Waals surface area contributed by atoms with Crippen LogP contribution < -0.4 is 5.73 Å². The molecule has 0 fully saturated rings. The van der Waals surface area contributed by atoms with Crippen LogP contribution in [0.25, 0.3) is 0 Å². The number of phosphoric ester groups is 1. The van der Waals surface area contributed by atoms with Crippen LogP contribution in [0.15, 0.2) is 72.9 Å². The molecule has 358 valence electrons. The number of esters is 2. The Labute approximate surface area is 380 Å². The maximum absolute atomic E-state index is 12.6. The third-order valence-corrected chi connectivity index (χ3v) is 11.3. The first kappa shape index (κ1) is 59.5. The first-order chi connectivity index (χ1) is 30.3. The lowest BCUT2D eigenvalue weighted by molar-refractivity contribution is -0.161. The van der Waals surface area contributed by atoms with Gasteiger partial charge in [-0.15, -0.1) is 0 Å². The molecule has 0 aromatic heterocycles. The molecule has 0 spiro atoms. The monoisotopic (exact) mass is 890 g/mol. The minimum Gasteiger partial charge on any atom is -0.462 e. The number of allylic oxidation sites excluding steroid dienone is 12. The van der Waals surface area contributed by atoms with Crippen LogP contribution in [0.3, 0.4) is 0 Å². The van der Waals surface area contributed by atoms with Gasteiger partial charge in [-0.3, -0.25) is 18.6 Å². The summed E-state index contributed by atoms with van der Waals surface area (Å²) in [6.07, 6.45) is 59.3. The topological polar surface area (TPSA) is 134 Å². The van der Waals surface area contributed by atoms with Crippen molar-refractivity contribution in [1.29, 1.82) is 0 Å². The molecule has 9 nitrogen and oxygen atoms in total. The van der Waals surface area contributed by atoms with Gasteiger partial charge in [0.05, 0.1) is 13.2 Å². The minimum atomic E-state index is -4.39. The third kappa shape index (κ3) is 46.9. The maximum atomic E-state index is 12.6. The molecule has 2 unspecified atom stereocenters. The van der Waals surface area contributed by atoms with Gasteiger partial charge >= 0.3 is 19.8 Å². The van der Waals surface area contributed by atoms with Crippen molar-refractivity contribution in [3.63, 3.8) is 0 Å². The largest absolute Gasteiger partial charge is 0.472 e. The normalized spacial score (nSPS) is 13.8. The van der Waals surface area contributed by atoms with E-state index in [1.165, 1.54) is 83.5 Å². The van der Waals surface area contributed by atoms with Crippen LogP contribution in [-0.4, -0.2) is 49.3 Å². The molecule has 2 atom stereocenters. The molecule has 0 saturated carbocycles. The summed E-state index contributed by atoms with van der Waals surface area (Å²) in [5.41, 5.74) is 5.36. The molecule has 3 N–H and O–H groups in total. The minimum absolute atomic E-state index is 0.0484. The van der Waals surface area contributed by atoms with Crippen molar-refractivity contribution in [2.24, 2.45) is 5.73 Å². The summed E-state index contributed by atoms with van der Waals surface area (Å²) < 4.78 is 32.9. The van der Waals surface area contributed by atoms with E-state index in [-0.39, 0.29) is 32.6 Å². The highest BCUT2D eigenvalue weighted by Crippen LogP contribution is 2.43. The Bertz CT molecular complexity index is 1240. The SMILES string of the molecule is CC/C=C\C/C=C\C/C=C\C/C=C\C/C=C\CCCCCCCCCCCC(=O)OC(COC(=O)CCCCCCC/C=C\CCCCCCCCC)COP(=O)(O)OCCN. The van der Waals surface area contributed by atoms with Crippen LogP contribution in [0.2, 0.25) is 0 Å². The Kier molecular flexibility index (Phi) is 45.9. The molecule has 0 rings (SSSR count). The number of hydrogen-bond donors (Lipinski definition) is 2. The van der Waals surface area contributed by atoms with Crippen LogP contribution in [0.1, 0.15) is 213 Å². The molecule has 62 heavy (non-hydrogen) atoms. The van der Waals surface area contributed by atoms with Crippen LogP contribution in [-0.2, 0) is 32.7 Å². The van der Waals surface area contributed by atoms with Gasteiger partial charge in [0.15, 0.2) is 6.10 Å². The number of rotatable bonds is 46. The molecule has 0 aliphatic rings. The molecule has 10 heteroatoms. The van der Waals surface area contributed by atoms with Crippen LogP contribution in [0.4, 0.5) is 0 Å². The summed E-state index contributed by atoms with van der Waals surface area (Å²) in [5, 5.41) is 0. The molecule has 0 heterocycles. The van der Waals surface area contributed by atoms with E-state index in [9.17, 15) is 19.0 Å². The van der Waals surface area contributed by atoms with Crippen molar-refractivity contribution < 1.29 is 37.6 Å². The van der Waals surface area contributed by atoms with Crippen LogP contribution >= 0.6 is 7.82 Å². The van der Waals surface area contributed by atoms with Crippen molar-refractivity contribution >= 4 is 19.8 Å². The quantitative estimate of drug-likeness (QED) is 0.0265. The number of carbonyl (C=O) groups excluding carboxylic acids is 2. The number of ether oxygens (including phenoxy) is 2. The lowest BCUT2D eigenvalue weighted by Crippen LogP contribution is -2.29. The van der Waals surface area contributed by atoms with Gasteiger partial charge in [0, 0.05) is 19.4 Å². The predicted molar refractivity (Wildman–Crippen MR) is 261 cm³/mol. The molecule has 0 saturated heterocycles. The molecule has 0 aromatic rings. The zero-order chi connectivity index (χ0) is 45.3. The highest BCUT2D eigenvalue weighted by atomic mass is 31.2. The van der Waals surface area contributed by atoms with Crippen molar-refractivity contribution in [2.75, 3.05) is 26.4 Å². The van der Waals surface area contributed by atoms with Crippen LogP contribution in [0.5, 0.6) is 0 Å². The second-order valence-electron chi connectivity index (χ2n) is 16.3. The zero-order valence-corrected chi connectivity index (χ0v) is 40.5. The molecular weight excluding hydrogens is 798 g/mol. The van der Waals surface area contributed by atoms with E-state index in [1.807, 2.05) is 0 Å². The Morgan fingerprint density at radius 3 is 1.34 bits per heavy atom. The van der Waals surface area contributed by atoms with E-state index < -0.39 is 32.5 Å². The highest BCUT2D eigenvalue weighted by molar-refractivity contribution is 7.47. The Hall–Kier alpha value is -2.55. The van der Waals surface area contributed by atoms with Crippen molar-refractivity contribution in [3.05, 3.63) is 72.9 Å². The number of nitrogens with two attached hydrogens (primary N) is 1. The van der Waals surface area contributed by atoms with Crippen molar-refractivity contribution in [2.45, 2.75) is 219 Å². The van der Waals surface area contributed by atoms with Gasteiger partial charge in [-0.05, 0) is 83.5 Å². The molecule has 0 radical (unpaired) electrons. The number of phosphoric acid groups is 1. The fourth-order valence-electron chi connectivity index (χ4n) is 6.66. The predicted octanol–water partition coefficient (Wildman–Crippen LogP) is 15.0. The fourth-order valence-corrected chi connectivity index (χ4v) is 7.42. The van der Waals surface area contributed by atoms with E-state index in [0.717, 1.165) is 96.3 Å². The number of hydrogen-bond acceptors (Lipinski definition) is 8. The lowest BCUT2D eigenvalue weighted by atomic mass is 10.1. The summed E-state index contributed by atoms with van der Waals surface area (Å²) in [5.74, 6) is -0.846. The van der Waals surface area contributed by atoms with E-state index >= 15 is 0 Å². The van der Waals surface area contributed by atoms with Gasteiger partial charge in [0.2, 0.25) is 0 Å². The van der Waals surface area contributed by atoms with Gasteiger partial charge in [0.25, 0.3) is 0 Å². The van der Waals surface area contributed by atoms with Gasteiger partial charge in [-0.25, -0.2) is 4.57 Å². The van der Waals surface area contributed by atoms with Crippen molar-refractivity contribution in [3.8, 4) is 0 Å².